The molecule has 1 unspecified atom stereocenters. The Kier molecular flexibility index (Phi) is 6.28. The Morgan fingerprint density at radius 3 is 2.96 bits per heavy atom. The Bertz CT molecular complexity index is 727. The molecule has 1 aromatic heterocycles. The van der Waals surface area contributed by atoms with E-state index in [0.717, 1.165) is 31.7 Å². The molecule has 0 saturated carbocycles. The lowest BCUT2D eigenvalue weighted by Gasteiger charge is -2.15. The van der Waals surface area contributed by atoms with E-state index in [1.54, 1.807) is 6.92 Å². The molecule has 0 radical (unpaired) electrons. The van der Waals surface area contributed by atoms with Gasteiger partial charge in [0.05, 0.1) is 18.9 Å². The van der Waals surface area contributed by atoms with Gasteiger partial charge in [-0.05, 0) is 25.5 Å². The molecule has 1 aliphatic heterocycles. The second kappa shape index (κ2) is 8.85. The SMILES string of the molecule is CCCn1nc(CCNC(=O)C(C)Oc2ccccc2)c2c1CCOC2. The van der Waals surface area contributed by atoms with Gasteiger partial charge in [0.2, 0.25) is 0 Å². The molecule has 0 saturated heterocycles. The maximum absolute atomic E-state index is 12.2. The summed E-state index contributed by atoms with van der Waals surface area (Å²) < 4.78 is 13.4. The molecule has 0 aliphatic carbocycles. The quantitative estimate of drug-likeness (QED) is 0.788. The molecule has 140 valence electrons. The van der Waals surface area contributed by atoms with Gasteiger partial charge < -0.3 is 14.8 Å². The molecule has 1 amide bonds. The zero-order valence-electron chi connectivity index (χ0n) is 15.5. The van der Waals surface area contributed by atoms with Gasteiger partial charge in [0, 0.05) is 37.2 Å². The maximum Gasteiger partial charge on any atom is 0.260 e. The van der Waals surface area contributed by atoms with Gasteiger partial charge in [-0.15, -0.1) is 0 Å². The Morgan fingerprint density at radius 2 is 2.19 bits per heavy atom. The van der Waals surface area contributed by atoms with Crippen molar-refractivity contribution in [3.63, 3.8) is 0 Å². The van der Waals surface area contributed by atoms with E-state index >= 15 is 0 Å². The summed E-state index contributed by atoms with van der Waals surface area (Å²) in [6.45, 7) is 6.76. The molecule has 3 rings (SSSR count). The monoisotopic (exact) mass is 357 g/mol. The van der Waals surface area contributed by atoms with Crippen molar-refractivity contribution in [2.24, 2.45) is 0 Å². The number of rotatable bonds is 8. The molecule has 2 heterocycles. The van der Waals surface area contributed by atoms with Gasteiger partial charge in [0.15, 0.2) is 6.10 Å². The number of benzene rings is 1. The number of hydrogen-bond acceptors (Lipinski definition) is 4. The Hall–Kier alpha value is -2.34. The number of carbonyl (C=O) groups excluding carboxylic acids is 1. The molecule has 1 atom stereocenters. The standard InChI is InChI=1S/C20H27N3O3/c1-3-12-23-19-10-13-25-14-17(19)18(22-23)9-11-21-20(24)15(2)26-16-7-5-4-6-8-16/h4-8,15H,3,9-14H2,1-2H3,(H,21,24). The van der Waals surface area contributed by atoms with Crippen LogP contribution in [0.25, 0.3) is 0 Å². The minimum Gasteiger partial charge on any atom is -0.481 e. The van der Waals surface area contributed by atoms with Gasteiger partial charge >= 0.3 is 0 Å². The highest BCUT2D eigenvalue weighted by Gasteiger charge is 2.21. The van der Waals surface area contributed by atoms with Crippen LogP contribution in [-0.4, -0.2) is 34.9 Å². The first-order chi connectivity index (χ1) is 12.7. The predicted octanol–water partition coefficient (Wildman–Crippen LogP) is 2.49. The topological polar surface area (TPSA) is 65.4 Å². The third kappa shape index (κ3) is 4.43. The van der Waals surface area contributed by atoms with Crippen LogP contribution >= 0.6 is 0 Å². The van der Waals surface area contributed by atoms with E-state index in [9.17, 15) is 4.79 Å². The highest BCUT2D eigenvalue weighted by Crippen LogP contribution is 2.21. The van der Waals surface area contributed by atoms with Crippen LogP contribution in [0.5, 0.6) is 5.75 Å². The fourth-order valence-corrected chi connectivity index (χ4v) is 3.18. The number of aromatic nitrogens is 2. The molecule has 6 nitrogen and oxygen atoms in total. The molecule has 0 fully saturated rings. The van der Waals surface area contributed by atoms with Gasteiger partial charge in [-0.3, -0.25) is 9.48 Å². The minimum absolute atomic E-state index is 0.119. The number of nitrogens with zero attached hydrogens (tertiary/aromatic N) is 2. The summed E-state index contributed by atoms with van der Waals surface area (Å²) in [5.74, 6) is 0.576. The van der Waals surface area contributed by atoms with E-state index in [1.165, 1.54) is 11.3 Å². The number of aryl methyl sites for hydroxylation is 1. The first kappa shape index (κ1) is 18.5. The van der Waals surface area contributed by atoms with Crippen LogP contribution in [0.1, 0.15) is 37.2 Å². The smallest absolute Gasteiger partial charge is 0.260 e. The zero-order valence-corrected chi connectivity index (χ0v) is 15.5. The molecule has 26 heavy (non-hydrogen) atoms. The molecule has 1 aliphatic rings. The van der Waals surface area contributed by atoms with Gasteiger partial charge in [0.1, 0.15) is 5.75 Å². The van der Waals surface area contributed by atoms with Crippen LogP contribution < -0.4 is 10.1 Å². The summed E-state index contributed by atoms with van der Waals surface area (Å²) in [5, 5.41) is 7.69. The average Bonchev–Trinajstić information content (AvgIpc) is 3.01. The number of carbonyl (C=O) groups is 1. The Balaban J connectivity index is 1.53. The van der Waals surface area contributed by atoms with E-state index in [2.05, 4.69) is 16.9 Å². The van der Waals surface area contributed by atoms with Crippen molar-refractivity contribution in [1.82, 2.24) is 15.1 Å². The summed E-state index contributed by atoms with van der Waals surface area (Å²) in [4.78, 5) is 12.2. The Labute approximate surface area is 154 Å². The number of amides is 1. The van der Waals surface area contributed by atoms with Crippen LogP contribution in [0, 0.1) is 0 Å². The molecule has 2 aromatic rings. The minimum atomic E-state index is -0.535. The van der Waals surface area contributed by atoms with Gasteiger partial charge in [0.25, 0.3) is 5.91 Å². The van der Waals surface area contributed by atoms with E-state index in [4.69, 9.17) is 14.6 Å². The maximum atomic E-state index is 12.2. The molecular formula is C20H27N3O3. The molecule has 6 heteroatoms. The van der Waals surface area contributed by atoms with Crippen LogP contribution in [0.2, 0.25) is 0 Å². The third-order valence-corrected chi connectivity index (χ3v) is 4.50. The number of ether oxygens (including phenoxy) is 2. The van der Waals surface area contributed by atoms with Crippen LogP contribution in [0.15, 0.2) is 30.3 Å². The van der Waals surface area contributed by atoms with Gasteiger partial charge in [-0.25, -0.2) is 0 Å². The summed E-state index contributed by atoms with van der Waals surface area (Å²) in [6, 6.07) is 9.38. The summed E-state index contributed by atoms with van der Waals surface area (Å²) in [5.41, 5.74) is 3.53. The molecule has 0 bridgehead atoms. The van der Waals surface area contributed by atoms with Crippen molar-refractivity contribution in [3.8, 4) is 5.75 Å². The van der Waals surface area contributed by atoms with Gasteiger partial charge in [-0.2, -0.15) is 5.10 Å². The van der Waals surface area contributed by atoms with Crippen molar-refractivity contribution in [1.29, 1.82) is 0 Å². The first-order valence-electron chi connectivity index (χ1n) is 9.33. The number of hydrogen-bond donors (Lipinski definition) is 1. The van der Waals surface area contributed by atoms with Crippen molar-refractivity contribution < 1.29 is 14.3 Å². The van der Waals surface area contributed by atoms with Crippen LogP contribution in [-0.2, 0) is 35.5 Å². The molecule has 0 spiro atoms. The number of fused-ring (bicyclic) bond motifs is 1. The highest BCUT2D eigenvalue weighted by molar-refractivity contribution is 5.80. The summed E-state index contributed by atoms with van der Waals surface area (Å²) in [6.07, 6.45) is 2.13. The van der Waals surface area contributed by atoms with E-state index in [1.807, 2.05) is 30.3 Å². The van der Waals surface area contributed by atoms with Crippen molar-refractivity contribution in [2.75, 3.05) is 13.2 Å². The fraction of sp³-hybridized carbons (Fsp3) is 0.500. The highest BCUT2D eigenvalue weighted by atomic mass is 16.5. The Morgan fingerprint density at radius 1 is 1.38 bits per heavy atom. The van der Waals surface area contributed by atoms with E-state index in [0.29, 0.717) is 25.3 Å². The first-order valence-corrected chi connectivity index (χ1v) is 9.33. The summed E-state index contributed by atoms with van der Waals surface area (Å²) >= 11 is 0. The van der Waals surface area contributed by atoms with E-state index in [-0.39, 0.29) is 5.91 Å². The third-order valence-electron chi connectivity index (χ3n) is 4.50. The lowest BCUT2D eigenvalue weighted by Crippen LogP contribution is -2.37. The summed E-state index contributed by atoms with van der Waals surface area (Å²) in [7, 11) is 0. The second-order valence-electron chi connectivity index (χ2n) is 6.51. The fourth-order valence-electron chi connectivity index (χ4n) is 3.18. The average molecular weight is 357 g/mol. The van der Waals surface area contributed by atoms with Gasteiger partial charge in [-0.1, -0.05) is 25.1 Å². The number of nitrogens with one attached hydrogen (secondary N) is 1. The number of para-hydroxylation sites is 1. The zero-order chi connectivity index (χ0) is 18.4. The molecular weight excluding hydrogens is 330 g/mol. The van der Waals surface area contributed by atoms with Crippen LogP contribution in [0.3, 0.4) is 0 Å². The van der Waals surface area contributed by atoms with Crippen LogP contribution in [0.4, 0.5) is 0 Å². The molecule has 1 N–H and O–H groups in total. The lowest BCUT2D eigenvalue weighted by atomic mass is 10.1. The van der Waals surface area contributed by atoms with Crippen molar-refractivity contribution >= 4 is 5.91 Å². The normalized spacial score (nSPS) is 14.5. The largest absolute Gasteiger partial charge is 0.481 e. The lowest BCUT2D eigenvalue weighted by molar-refractivity contribution is -0.127. The molecule has 1 aromatic carbocycles. The second-order valence-corrected chi connectivity index (χ2v) is 6.51. The van der Waals surface area contributed by atoms with Crippen molar-refractivity contribution in [3.05, 3.63) is 47.3 Å². The van der Waals surface area contributed by atoms with E-state index < -0.39 is 6.10 Å². The predicted molar refractivity (Wildman–Crippen MR) is 99.1 cm³/mol. The van der Waals surface area contributed by atoms with Crippen molar-refractivity contribution in [2.45, 2.75) is 52.4 Å².